The SMILES string of the molecule is CCCCOc1ccccc1NC(=O)OC(COCCOCC)CN1CCCCC1.O=C(O)C(=O)O. The molecule has 1 aliphatic rings. The summed E-state index contributed by atoms with van der Waals surface area (Å²) >= 11 is 0. The summed E-state index contributed by atoms with van der Waals surface area (Å²) < 4.78 is 22.5. The summed E-state index contributed by atoms with van der Waals surface area (Å²) in [7, 11) is 0. The number of carbonyl (C=O) groups excluding carboxylic acids is 1. The van der Waals surface area contributed by atoms with E-state index in [1.54, 1.807) is 0 Å². The monoisotopic (exact) mass is 512 g/mol. The van der Waals surface area contributed by atoms with Gasteiger partial charge in [0.2, 0.25) is 0 Å². The fourth-order valence-corrected chi connectivity index (χ4v) is 3.34. The number of piperidine rings is 1. The van der Waals surface area contributed by atoms with E-state index < -0.39 is 18.0 Å². The van der Waals surface area contributed by atoms with Crippen LogP contribution in [0.4, 0.5) is 10.5 Å². The molecule has 2 rings (SSSR count). The topological polar surface area (TPSA) is 144 Å². The van der Waals surface area contributed by atoms with E-state index in [1.165, 1.54) is 19.3 Å². The highest BCUT2D eigenvalue weighted by Crippen LogP contribution is 2.24. The normalized spacial score (nSPS) is 14.2. The molecule has 0 spiro atoms. The maximum atomic E-state index is 12.6. The summed E-state index contributed by atoms with van der Waals surface area (Å²) in [6.07, 6.45) is 4.84. The molecule has 1 fully saturated rings. The smallest absolute Gasteiger partial charge is 0.414 e. The van der Waals surface area contributed by atoms with E-state index in [0.29, 0.717) is 51.0 Å². The molecule has 3 N–H and O–H groups in total. The zero-order valence-corrected chi connectivity index (χ0v) is 21.3. The first-order valence-corrected chi connectivity index (χ1v) is 12.4. The van der Waals surface area contributed by atoms with Crippen molar-refractivity contribution in [2.75, 3.05) is 58.0 Å². The Morgan fingerprint density at radius 3 is 2.28 bits per heavy atom. The number of para-hydroxylation sites is 2. The summed E-state index contributed by atoms with van der Waals surface area (Å²) in [5.41, 5.74) is 0.618. The van der Waals surface area contributed by atoms with Crippen molar-refractivity contribution < 1.29 is 43.5 Å². The quantitative estimate of drug-likeness (QED) is 0.250. The van der Waals surface area contributed by atoms with Gasteiger partial charge < -0.3 is 29.2 Å². The molecule has 11 nitrogen and oxygen atoms in total. The minimum atomic E-state index is -1.82. The third-order valence-corrected chi connectivity index (χ3v) is 5.13. The maximum absolute atomic E-state index is 12.6. The number of hydrogen-bond donors (Lipinski definition) is 3. The highest BCUT2D eigenvalue weighted by Gasteiger charge is 2.21. The van der Waals surface area contributed by atoms with Crippen molar-refractivity contribution in [2.45, 2.75) is 52.1 Å². The highest BCUT2D eigenvalue weighted by molar-refractivity contribution is 6.27. The number of unbranched alkanes of at least 4 members (excludes halogenated alkanes) is 1. The van der Waals surface area contributed by atoms with Crippen LogP contribution >= 0.6 is 0 Å². The van der Waals surface area contributed by atoms with Crippen LogP contribution < -0.4 is 10.1 Å². The molecule has 1 atom stereocenters. The summed E-state index contributed by atoms with van der Waals surface area (Å²) in [5.74, 6) is -2.99. The number of rotatable bonds is 14. The van der Waals surface area contributed by atoms with Gasteiger partial charge in [-0.1, -0.05) is 31.9 Å². The van der Waals surface area contributed by atoms with Crippen LogP contribution in [0.15, 0.2) is 24.3 Å². The number of ether oxygens (including phenoxy) is 4. The van der Waals surface area contributed by atoms with Crippen LogP contribution in [0.5, 0.6) is 5.75 Å². The first-order valence-electron chi connectivity index (χ1n) is 12.4. The largest absolute Gasteiger partial charge is 0.491 e. The van der Waals surface area contributed by atoms with Crippen molar-refractivity contribution in [3.05, 3.63) is 24.3 Å². The van der Waals surface area contributed by atoms with Gasteiger partial charge in [0, 0.05) is 13.2 Å². The number of aliphatic carboxylic acids is 2. The van der Waals surface area contributed by atoms with Crippen LogP contribution in [0.2, 0.25) is 0 Å². The van der Waals surface area contributed by atoms with Gasteiger partial charge in [-0.25, -0.2) is 14.4 Å². The Hall–Kier alpha value is -2.89. The standard InChI is InChI=1S/C23H38N2O5.C2H2O4/c1-3-5-15-29-22-12-8-7-11-21(22)24-23(26)30-20(19-28-17-16-27-4-2)18-25-13-9-6-10-14-25;3-1(4)2(5)6/h7-8,11-12,20H,3-6,9-10,13-19H2,1-2H3,(H,24,26);(H,3,4)(H,5,6). The van der Waals surface area contributed by atoms with Crippen LogP contribution in [0.3, 0.4) is 0 Å². The molecule has 11 heteroatoms. The lowest BCUT2D eigenvalue weighted by Gasteiger charge is -2.30. The second-order valence-electron chi connectivity index (χ2n) is 8.09. The summed E-state index contributed by atoms with van der Waals surface area (Å²) in [6.45, 7) is 9.49. The number of hydrogen-bond acceptors (Lipinski definition) is 8. The van der Waals surface area contributed by atoms with Gasteiger partial charge in [0.05, 0.1) is 32.1 Å². The number of nitrogens with one attached hydrogen (secondary N) is 1. The summed E-state index contributed by atoms with van der Waals surface area (Å²) in [6, 6.07) is 7.43. The van der Waals surface area contributed by atoms with E-state index in [-0.39, 0.29) is 6.10 Å². The Morgan fingerprint density at radius 1 is 0.972 bits per heavy atom. The molecule has 0 radical (unpaired) electrons. The number of benzene rings is 1. The average molecular weight is 513 g/mol. The minimum Gasteiger partial charge on any atom is -0.491 e. The Morgan fingerprint density at radius 2 is 1.64 bits per heavy atom. The molecule has 1 unspecified atom stereocenters. The van der Waals surface area contributed by atoms with E-state index in [4.69, 9.17) is 38.7 Å². The van der Waals surface area contributed by atoms with Crippen LogP contribution in [-0.2, 0) is 23.8 Å². The number of nitrogens with zero attached hydrogens (tertiary/aromatic N) is 1. The first-order chi connectivity index (χ1) is 17.4. The van der Waals surface area contributed by atoms with Crippen molar-refractivity contribution in [3.8, 4) is 5.75 Å². The van der Waals surface area contributed by atoms with Crippen molar-refractivity contribution >= 4 is 23.7 Å². The third kappa shape index (κ3) is 14.5. The molecule has 0 saturated carbocycles. The van der Waals surface area contributed by atoms with Gasteiger partial charge in [0.1, 0.15) is 11.9 Å². The molecule has 0 aliphatic carbocycles. The van der Waals surface area contributed by atoms with Crippen LogP contribution in [-0.4, -0.2) is 91.9 Å². The lowest BCUT2D eigenvalue weighted by Crippen LogP contribution is -2.41. The Bertz CT molecular complexity index is 758. The van der Waals surface area contributed by atoms with Gasteiger partial charge in [-0.15, -0.1) is 0 Å². The van der Waals surface area contributed by atoms with E-state index in [0.717, 1.165) is 25.9 Å². The molecule has 204 valence electrons. The molecule has 0 bridgehead atoms. The zero-order valence-electron chi connectivity index (χ0n) is 21.3. The number of carbonyl (C=O) groups is 3. The van der Waals surface area contributed by atoms with Crippen LogP contribution in [0.25, 0.3) is 0 Å². The van der Waals surface area contributed by atoms with Gasteiger partial charge in [-0.2, -0.15) is 0 Å². The Kier molecular flexibility index (Phi) is 16.7. The molecule has 1 saturated heterocycles. The maximum Gasteiger partial charge on any atom is 0.414 e. The number of anilines is 1. The molecule has 1 aliphatic heterocycles. The molecular weight excluding hydrogens is 472 g/mol. The average Bonchev–Trinajstić information content (AvgIpc) is 2.86. The van der Waals surface area contributed by atoms with E-state index in [2.05, 4.69) is 17.1 Å². The van der Waals surface area contributed by atoms with Gasteiger partial charge in [-0.05, 0) is 51.4 Å². The van der Waals surface area contributed by atoms with Crippen molar-refractivity contribution in [1.29, 1.82) is 0 Å². The molecule has 1 aromatic rings. The van der Waals surface area contributed by atoms with Crippen LogP contribution in [0, 0.1) is 0 Å². The predicted molar refractivity (Wildman–Crippen MR) is 134 cm³/mol. The molecular formula is C25H40N2O9. The van der Waals surface area contributed by atoms with Crippen molar-refractivity contribution in [1.82, 2.24) is 4.90 Å². The van der Waals surface area contributed by atoms with E-state index >= 15 is 0 Å². The molecule has 1 heterocycles. The lowest BCUT2D eigenvalue weighted by molar-refractivity contribution is -0.159. The molecule has 0 aromatic heterocycles. The summed E-state index contributed by atoms with van der Waals surface area (Å²) in [5, 5.41) is 17.6. The minimum absolute atomic E-state index is 0.335. The zero-order chi connectivity index (χ0) is 26.6. The van der Waals surface area contributed by atoms with E-state index in [1.807, 2.05) is 31.2 Å². The fraction of sp³-hybridized carbons (Fsp3) is 0.640. The Labute approximate surface area is 212 Å². The second-order valence-corrected chi connectivity index (χ2v) is 8.09. The predicted octanol–water partition coefficient (Wildman–Crippen LogP) is 3.48. The van der Waals surface area contributed by atoms with Crippen LogP contribution in [0.1, 0.15) is 46.0 Å². The molecule has 1 amide bonds. The first kappa shape index (κ1) is 31.1. The number of carboxylic acid groups (broad SMARTS) is 2. The molecule has 1 aromatic carbocycles. The number of amides is 1. The van der Waals surface area contributed by atoms with Crippen molar-refractivity contribution in [3.63, 3.8) is 0 Å². The van der Waals surface area contributed by atoms with E-state index in [9.17, 15) is 4.79 Å². The summed E-state index contributed by atoms with van der Waals surface area (Å²) in [4.78, 5) is 33.1. The Balaban J connectivity index is 0.000000960. The number of likely N-dealkylation sites (tertiary alicyclic amines) is 1. The highest BCUT2D eigenvalue weighted by atomic mass is 16.6. The second kappa shape index (κ2) is 19.3. The van der Waals surface area contributed by atoms with Crippen molar-refractivity contribution in [2.24, 2.45) is 0 Å². The fourth-order valence-electron chi connectivity index (χ4n) is 3.34. The number of carboxylic acids is 2. The third-order valence-electron chi connectivity index (χ3n) is 5.13. The molecule has 36 heavy (non-hydrogen) atoms. The lowest BCUT2D eigenvalue weighted by atomic mass is 10.1. The van der Waals surface area contributed by atoms with Gasteiger partial charge in [-0.3, -0.25) is 10.2 Å². The van der Waals surface area contributed by atoms with Gasteiger partial charge in [0.25, 0.3) is 0 Å². The van der Waals surface area contributed by atoms with Gasteiger partial charge >= 0.3 is 18.0 Å². The van der Waals surface area contributed by atoms with Gasteiger partial charge in [0.15, 0.2) is 0 Å².